The minimum Gasteiger partial charge on any atom is -0.357 e. The van der Waals surface area contributed by atoms with Gasteiger partial charge in [0.05, 0.1) is 0 Å². The van der Waals surface area contributed by atoms with Crippen LogP contribution in [0.2, 0.25) is 0 Å². The lowest BCUT2D eigenvalue weighted by atomic mass is 10.0. The zero-order chi connectivity index (χ0) is 23.6. The molecule has 0 saturated heterocycles. The third-order valence-electron chi connectivity index (χ3n) is 5.84. The predicted molar refractivity (Wildman–Crippen MR) is 129 cm³/mol. The van der Waals surface area contributed by atoms with Crippen LogP contribution in [-0.4, -0.2) is 29.8 Å². The number of nitrogens with one attached hydrogen (secondary N) is 1. The van der Waals surface area contributed by atoms with E-state index in [1.165, 1.54) is 17.7 Å². The van der Waals surface area contributed by atoms with Gasteiger partial charge in [0.1, 0.15) is 11.9 Å². The summed E-state index contributed by atoms with van der Waals surface area (Å²) in [5.41, 5.74) is 4.09. The highest BCUT2D eigenvalue weighted by atomic mass is 19.1. The van der Waals surface area contributed by atoms with Crippen LogP contribution in [0.25, 0.3) is 0 Å². The van der Waals surface area contributed by atoms with Crippen LogP contribution >= 0.6 is 0 Å². The van der Waals surface area contributed by atoms with Crippen molar-refractivity contribution in [3.63, 3.8) is 0 Å². The molecule has 4 nitrogen and oxygen atoms in total. The maximum absolute atomic E-state index is 13.4. The fourth-order valence-electron chi connectivity index (χ4n) is 3.84. The fraction of sp³-hybridized carbons (Fsp3) is 0.286. The summed E-state index contributed by atoms with van der Waals surface area (Å²) in [6.45, 7) is 2.34. The van der Waals surface area contributed by atoms with E-state index in [1.807, 2.05) is 30.3 Å². The molecule has 5 heteroatoms. The Kier molecular flexibility index (Phi) is 8.76. The Hall–Kier alpha value is -3.47. The molecule has 0 aliphatic heterocycles. The lowest BCUT2D eigenvalue weighted by Crippen LogP contribution is -2.49. The van der Waals surface area contributed by atoms with Crippen molar-refractivity contribution >= 4 is 11.8 Å². The molecule has 0 spiro atoms. The van der Waals surface area contributed by atoms with Gasteiger partial charge in [0.25, 0.3) is 0 Å². The van der Waals surface area contributed by atoms with Gasteiger partial charge in [-0.1, -0.05) is 73.7 Å². The van der Waals surface area contributed by atoms with Gasteiger partial charge in [-0.25, -0.2) is 4.39 Å². The predicted octanol–water partition coefficient (Wildman–Crippen LogP) is 4.71. The normalized spacial score (nSPS) is 11.6. The highest BCUT2D eigenvalue weighted by Gasteiger charge is 2.29. The number of amides is 2. The number of hydrogen-bond donors (Lipinski definition) is 1. The second kappa shape index (κ2) is 12.0. The van der Waals surface area contributed by atoms with E-state index in [0.29, 0.717) is 12.8 Å². The van der Waals surface area contributed by atoms with Crippen LogP contribution in [0.4, 0.5) is 4.39 Å². The van der Waals surface area contributed by atoms with Gasteiger partial charge in [0.2, 0.25) is 11.8 Å². The standard InChI is InChI=1S/C28H31FN2O2/c1-3-21-9-11-22(12-10-21)15-18-27(32)31(20-24-13-16-25(29)17-14-24)26(28(33)30-2)19-23-7-5-4-6-8-23/h4-14,16-17,26H,3,15,18-20H2,1-2H3,(H,30,33). The Balaban J connectivity index is 1.84. The minimum absolute atomic E-state index is 0.108. The first-order chi connectivity index (χ1) is 16.0. The van der Waals surface area contributed by atoms with Crippen LogP contribution in [0.15, 0.2) is 78.9 Å². The maximum atomic E-state index is 13.4. The number of halogens is 1. The van der Waals surface area contributed by atoms with Crippen molar-refractivity contribution in [2.75, 3.05) is 7.05 Å². The average molecular weight is 447 g/mol. The fourth-order valence-corrected chi connectivity index (χ4v) is 3.84. The van der Waals surface area contributed by atoms with Crippen LogP contribution in [0.5, 0.6) is 0 Å². The number of likely N-dealkylation sites (N-methyl/N-ethyl adjacent to an activating group) is 1. The zero-order valence-electron chi connectivity index (χ0n) is 19.3. The van der Waals surface area contributed by atoms with Crippen molar-refractivity contribution in [2.24, 2.45) is 0 Å². The van der Waals surface area contributed by atoms with E-state index in [-0.39, 0.29) is 30.6 Å². The van der Waals surface area contributed by atoms with Gasteiger partial charge in [0.15, 0.2) is 0 Å². The number of nitrogens with zero attached hydrogens (tertiary/aromatic N) is 1. The van der Waals surface area contributed by atoms with Gasteiger partial charge in [-0.05, 0) is 47.2 Å². The molecular weight excluding hydrogens is 415 g/mol. The van der Waals surface area contributed by atoms with Crippen molar-refractivity contribution in [1.29, 1.82) is 0 Å². The molecule has 1 N–H and O–H groups in total. The average Bonchev–Trinajstić information content (AvgIpc) is 2.86. The summed E-state index contributed by atoms with van der Waals surface area (Å²) in [6, 6.07) is 23.3. The molecule has 1 unspecified atom stereocenters. The van der Waals surface area contributed by atoms with Crippen molar-refractivity contribution < 1.29 is 14.0 Å². The molecule has 3 aromatic carbocycles. The molecular formula is C28H31FN2O2. The van der Waals surface area contributed by atoms with Crippen LogP contribution in [0.1, 0.15) is 35.6 Å². The Labute approximate surface area is 195 Å². The summed E-state index contributed by atoms with van der Waals surface area (Å²) in [5.74, 6) is -0.663. The molecule has 33 heavy (non-hydrogen) atoms. The molecule has 3 rings (SSSR count). The van der Waals surface area contributed by atoms with Crippen LogP contribution in [-0.2, 0) is 35.4 Å². The van der Waals surface area contributed by atoms with Gasteiger partial charge >= 0.3 is 0 Å². The smallest absolute Gasteiger partial charge is 0.242 e. The topological polar surface area (TPSA) is 49.4 Å². The van der Waals surface area contributed by atoms with E-state index >= 15 is 0 Å². The SMILES string of the molecule is CCc1ccc(CCC(=O)N(Cc2ccc(F)cc2)C(Cc2ccccc2)C(=O)NC)cc1. The van der Waals surface area contributed by atoms with Crippen LogP contribution < -0.4 is 5.32 Å². The quantitative estimate of drug-likeness (QED) is 0.491. The Morgan fingerprint density at radius 1 is 0.848 bits per heavy atom. The van der Waals surface area contributed by atoms with E-state index in [1.54, 1.807) is 24.1 Å². The Bertz CT molecular complexity index is 1030. The van der Waals surface area contributed by atoms with Crippen LogP contribution in [0.3, 0.4) is 0 Å². The van der Waals surface area contributed by atoms with E-state index in [9.17, 15) is 14.0 Å². The van der Waals surface area contributed by atoms with Crippen molar-refractivity contribution in [3.05, 3.63) is 107 Å². The molecule has 3 aromatic rings. The lowest BCUT2D eigenvalue weighted by Gasteiger charge is -2.31. The monoisotopic (exact) mass is 446 g/mol. The first kappa shape index (κ1) is 24.2. The molecule has 0 aliphatic carbocycles. The van der Waals surface area contributed by atoms with Gasteiger partial charge in [-0.15, -0.1) is 0 Å². The summed E-state index contributed by atoms with van der Waals surface area (Å²) < 4.78 is 13.4. The van der Waals surface area contributed by atoms with E-state index < -0.39 is 6.04 Å². The molecule has 0 fully saturated rings. The number of benzene rings is 3. The number of carbonyl (C=O) groups excluding carboxylic acids is 2. The summed E-state index contributed by atoms with van der Waals surface area (Å²) in [5, 5.41) is 2.71. The first-order valence-corrected chi connectivity index (χ1v) is 11.4. The third kappa shape index (κ3) is 7.01. The molecule has 1 atom stereocenters. The molecule has 0 heterocycles. The van der Waals surface area contributed by atoms with Gasteiger partial charge in [-0.3, -0.25) is 9.59 Å². The molecule has 2 amide bonds. The van der Waals surface area contributed by atoms with E-state index in [4.69, 9.17) is 0 Å². The highest BCUT2D eigenvalue weighted by molar-refractivity contribution is 5.88. The summed E-state index contributed by atoms with van der Waals surface area (Å²) in [4.78, 5) is 27.9. The molecule has 0 bridgehead atoms. The molecule has 0 saturated carbocycles. The number of aryl methyl sites for hydroxylation is 2. The van der Waals surface area contributed by atoms with Gasteiger partial charge < -0.3 is 10.2 Å². The molecule has 0 radical (unpaired) electrons. The summed E-state index contributed by atoms with van der Waals surface area (Å²) >= 11 is 0. The Morgan fingerprint density at radius 3 is 2.06 bits per heavy atom. The number of hydrogen-bond acceptors (Lipinski definition) is 2. The molecule has 172 valence electrons. The molecule has 0 aliphatic rings. The second-order valence-electron chi connectivity index (χ2n) is 8.14. The lowest BCUT2D eigenvalue weighted by molar-refractivity contribution is -0.141. The summed E-state index contributed by atoms with van der Waals surface area (Å²) in [7, 11) is 1.58. The van der Waals surface area contributed by atoms with Crippen LogP contribution in [0, 0.1) is 5.82 Å². The van der Waals surface area contributed by atoms with E-state index in [2.05, 4.69) is 36.5 Å². The van der Waals surface area contributed by atoms with E-state index in [0.717, 1.165) is 23.1 Å². The third-order valence-corrected chi connectivity index (χ3v) is 5.84. The van der Waals surface area contributed by atoms with Crippen molar-refractivity contribution in [2.45, 2.75) is 45.2 Å². The summed E-state index contributed by atoms with van der Waals surface area (Å²) in [6.07, 6.45) is 2.25. The second-order valence-corrected chi connectivity index (χ2v) is 8.14. The van der Waals surface area contributed by atoms with Gasteiger partial charge in [0, 0.05) is 26.4 Å². The zero-order valence-corrected chi connectivity index (χ0v) is 19.3. The van der Waals surface area contributed by atoms with Crippen molar-refractivity contribution in [1.82, 2.24) is 10.2 Å². The van der Waals surface area contributed by atoms with Gasteiger partial charge in [-0.2, -0.15) is 0 Å². The Morgan fingerprint density at radius 2 is 1.45 bits per heavy atom. The first-order valence-electron chi connectivity index (χ1n) is 11.4. The minimum atomic E-state index is -0.669. The number of rotatable bonds is 10. The number of carbonyl (C=O) groups is 2. The van der Waals surface area contributed by atoms with Crippen molar-refractivity contribution in [3.8, 4) is 0 Å². The highest BCUT2D eigenvalue weighted by Crippen LogP contribution is 2.17. The molecule has 0 aromatic heterocycles. The largest absolute Gasteiger partial charge is 0.357 e. The maximum Gasteiger partial charge on any atom is 0.242 e.